The minimum atomic E-state index is 0.128. The van der Waals surface area contributed by atoms with Gasteiger partial charge in [0.25, 0.3) is 0 Å². The number of pyridine rings is 1. The van der Waals surface area contributed by atoms with Gasteiger partial charge >= 0.3 is 0 Å². The quantitative estimate of drug-likeness (QED) is 0.313. The summed E-state index contributed by atoms with van der Waals surface area (Å²) >= 11 is 5.77. The lowest BCUT2D eigenvalue weighted by Gasteiger charge is -2.00. The molecular weight excluding hydrogens is 178 g/mol. The smallest absolute Gasteiger partial charge is 0.143 e. The molecule has 1 aromatic heterocycles. The van der Waals surface area contributed by atoms with Crippen molar-refractivity contribution in [3.63, 3.8) is 0 Å². The van der Waals surface area contributed by atoms with E-state index in [1.165, 1.54) is 6.20 Å². The molecule has 0 saturated carbocycles. The van der Waals surface area contributed by atoms with Crippen LogP contribution in [0.2, 0.25) is 5.02 Å². The van der Waals surface area contributed by atoms with Crippen molar-refractivity contribution in [2.45, 2.75) is 6.42 Å². The molecule has 12 heavy (non-hydrogen) atoms. The van der Waals surface area contributed by atoms with Crippen molar-refractivity contribution < 1.29 is 5.21 Å². The van der Waals surface area contributed by atoms with Gasteiger partial charge in [-0.15, -0.1) is 0 Å². The van der Waals surface area contributed by atoms with Gasteiger partial charge in [0.15, 0.2) is 0 Å². The fraction of sp³-hybridized carbons (Fsp3) is 0.143. The molecular formula is C7H8ClN3O. The monoisotopic (exact) mass is 185 g/mol. The van der Waals surface area contributed by atoms with Gasteiger partial charge in [-0.2, -0.15) is 0 Å². The highest BCUT2D eigenvalue weighted by Crippen LogP contribution is 2.13. The van der Waals surface area contributed by atoms with Gasteiger partial charge in [0, 0.05) is 18.8 Å². The van der Waals surface area contributed by atoms with Crippen LogP contribution in [0.1, 0.15) is 5.56 Å². The summed E-state index contributed by atoms with van der Waals surface area (Å²) in [7, 11) is 0. The maximum Gasteiger partial charge on any atom is 0.143 e. The molecule has 1 rings (SSSR count). The van der Waals surface area contributed by atoms with Crippen LogP contribution in [0, 0.1) is 0 Å². The summed E-state index contributed by atoms with van der Waals surface area (Å²) in [5.74, 6) is 0.128. The average molecular weight is 186 g/mol. The van der Waals surface area contributed by atoms with E-state index in [0.29, 0.717) is 11.4 Å². The van der Waals surface area contributed by atoms with Gasteiger partial charge in [0.2, 0.25) is 0 Å². The molecule has 0 aromatic carbocycles. The van der Waals surface area contributed by atoms with Crippen molar-refractivity contribution in [2.75, 3.05) is 0 Å². The lowest BCUT2D eigenvalue weighted by atomic mass is 10.2. The summed E-state index contributed by atoms with van der Waals surface area (Å²) in [6.07, 6.45) is 3.45. The number of nitrogens with two attached hydrogens (primary N) is 1. The Hall–Kier alpha value is -1.29. The zero-order chi connectivity index (χ0) is 8.97. The standard InChI is InChI=1S/C7H8ClN3O/c8-6-4-10-2-1-5(6)3-7(9)11-12/h1-2,4,12H,3H2,(H2,9,11). The first kappa shape index (κ1) is 8.80. The number of hydrogen-bond acceptors (Lipinski definition) is 3. The number of nitrogens with zero attached hydrogens (tertiary/aromatic N) is 2. The molecule has 0 spiro atoms. The van der Waals surface area contributed by atoms with Crippen LogP contribution in [0.25, 0.3) is 0 Å². The normalized spacial score (nSPS) is 11.6. The summed E-state index contributed by atoms with van der Waals surface area (Å²) in [4.78, 5) is 3.80. The van der Waals surface area contributed by atoms with Gasteiger partial charge in [-0.1, -0.05) is 16.8 Å². The van der Waals surface area contributed by atoms with Crippen LogP contribution < -0.4 is 5.73 Å². The molecule has 4 nitrogen and oxygen atoms in total. The molecule has 0 aliphatic heterocycles. The Kier molecular flexibility index (Phi) is 2.88. The third-order valence-corrected chi connectivity index (χ3v) is 1.70. The molecule has 0 radical (unpaired) electrons. The molecule has 1 heterocycles. The molecule has 0 fully saturated rings. The van der Waals surface area contributed by atoms with E-state index in [-0.39, 0.29) is 5.84 Å². The zero-order valence-electron chi connectivity index (χ0n) is 6.24. The lowest BCUT2D eigenvalue weighted by Crippen LogP contribution is -2.14. The fourth-order valence-corrected chi connectivity index (χ4v) is 0.964. The van der Waals surface area contributed by atoms with Gasteiger partial charge in [-0.3, -0.25) is 4.98 Å². The van der Waals surface area contributed by atoms with E-state index in [2.05, 4.69) is 10.1 Å². The molecule has 0 aliphatic carbocycles. The Labute approximate surface area is 74.7 Å². The fourth-order valence-electron chi connectivity index (χ4n) is 0.778. The van der Waals surface area contributed by atoms with Gasteiger partial charge in [0.1, 0.15) is 5.84 Å². The second kappa shape index (κ2) is 3.92. The van der Waals surface area contributed by atoms with E-state index < -0.39 is 0 Å². The Bertz CT molecular complexity index is 300. The largest absolute Gasteiger partial charge is 0.409 e. The molecule has 1 aromatic rings. The second-order valence-electron chi connectivity index (χ2n) is 2.24. The SMILES string of the molecule is NC(Cc1ccncc1Cl)=NO. The van der Waals surface area contributed by atoms with Crippen LogP contribution in [-0.4, -0.2) is 16.0 Å². The molecule has 0 saturated heterocycles. The van der Waals surface area contributed by atoms with Gasteiger partial charge < -0.3 is 10.9 Å². The maximum absolute atomic E-state index is 8.29. The highest BCUT2D eigenvalue weighted by atomic mass is 35.5. The highest BCUT2D eigenvalue weighted by molar-refractivity contribution is 6.31. The number of oxime groups is 1. The molecule has 0 amide bonds. The number of halogens is 1. The number of hydrogen-bond donors (Lipinski definition) is 2. The Balaban J connectivity index is 2.82. The van der Waals surface area contributed by atoms with E-state index in [1.54, 1.807) is 12.3 Å². The third-order valence-electron chi connectivity index (χ3n) is 1.36. The van der Waals surface area contributed by atoms with Crippen molar-refractivity contribution in [3.05, 3.63) is 29.0 Å². The average Bonchev–Trinajstić information content (AvgIpc) is 2.09. The molecule has 0 atom stereocenters. The van der Waals surface area contributed by atoms with E-state index in [9.17, 15) is 0 Å². The van der Waals surface area contributed by atoms with Crippen molar-refractivity contribution in [3.8, 4) is 0 Å². The number of amidine groups is 1. The summed E-state index contributed by atoms with van der Waals surface area (Å²) in [5, 5.41) is 11.6. The molecule has 0 bridgehead atoms. The molecule has 5 heteroatoms. The second-order valence-corrected chi connectivity index (χ2v) is 2.64. The van der Waals surface area contributed by atoms with Crippen molar-refractivity contribution in [2.24, 2.45) is 10.9 Å². The topological polar surface area (TPSA) is 71.5 Å². The van der Waals surface area contributed by atoms with Crippen molar-refractivity contribution in [1.82, 2.24) is 4.98 Å². The van der Waals surface area contributed by atoms with Crippen LogP contribution in [0.5, 0.6) is 0 Å². The third kappa shape index (κ3) is 2.10. The maximum atomic E-state index is 8.29. The summed E-state index contributed by atoms with van der Waals surface area (Å²) in [6.45, 7) is 0. The molecule has 3 N–H and O–H groups in total. The molecule has 0 unspecified atom stereocenters. The summed E-state index contributed by atoms with van der Waals surface area (Å²) in [5.41, 5.74) is 6.09. The predicted molar refractivity (Wildman–Crippen MR) is 46.4 cm³/mol. The van der Waals surface area contributed by atoms with Crippen molar-refractivity contribution >= 4 is 17.4 Å². The van der Waals surface area contributed by atoms with Crippen LogP contribution >= 0.6 is 11.6 Å². The zero-order valence-corrected chi connectivity index (χ0v) is 6.99. The van der Waals surface area contributed by atoms with Gasteiger partial charge in [-0.05, 0) is 11.6 Å². The van der Waals surface area contributed by atoms with E-state index in [0.717, 1.165) is 5.56 Å². The van der Waals surface area contributed by atoms with Crippen molar-refractivity contribution in [1.29, 1.82) is 0 Å². The lowest BCUT2D eigenvalue weighted by molar-refractivity contribution is 0.317. The predicted octanol–water partition coefficient (Wildman–Crippen LogP) is 1.02. The molecule has 0 aliphatic rings. The van der Waals surface area contributed by atoms with Crippen LogP contribution in [0.4, 0.5) is 0 Å². The first-order valence-corrected chi connectivity index (χ1v) is 3.66. The van der Waals surface area contributed by atoms with Gasteiger partial charge in [-0.25, -0.2) is 0 Å². The highest BCUT2D eigenvalue weighted by Gasteiger charge is 2.01. The number of aromatic nitrogens is 1. The Morgan fingerprint density at radius 3 is 3.08 bits per heavy atom. The number of rotatable bonds is 2. The first-order chi connectivity index (χ1) is 5.74. The Morgan fingerprint density at radius 1 is 1.75 bits per heavy atom. The van der Waals surface area contributed by atoms with Crippen LogP contribution in [0.15, 0.2) is 23.6 Å². The minimum absolute atomic E-state index is 0.128. The van der Waals surface area contributed by atoms with Crippen LogP contribution in [0.3, 0.4) is 0 Å². The van der Waals surface area contributed by atoms with E-state index in [4.69, 9.17) is 22.5 Å². The summed E-state index contributed by atoms with van der Waals surface area (Å²) < 4.78 is 0. The molecule has 64 valence electrons. The first-order valence-electron chi connectivity index (χ1n) is 3.29. The van der Waals surface area contributed by atoms with Gasteiger partial charge in [0.05, 0.1) is 5.02 Å². The van der Waals surface area contributed by atoms with Crippen LogP contribution in [-0.2, 0) is 6.42 Å². The van der Waals surface area contributed by atoms with E-state index in [1.807, 2.05) is 0 Å². The minimum Gasteiger partial charge on any atom is -0.409 e. The summed E-state index contributed by atoms with van der Waals surface area (Å²) in [6, 6.07) is 1.72. The Morgan fingerprint density at radius 2 is 2.50 bits per heavy atom. The van der Waals surface area contributed by atoms with E-state index >= 15 is 0 Å².